The molecule has 15 heteroatoms. The van der Waals surface area contributed by atoms with Crippen molar-refractivity contribution in [3.8, 4) is 0 Å². The van der Waals surface area contributed by atoms with E-state index in [1.165, 1.54) is 7.11 Å². The first kappa shape index (κ1) is 48.4. The maximum absolute atomic E-state index is 12.6. The van der Waals surface area contributed by atoms with Crippen molar-refractivity contribution in [1.29, 1.82) is 0 Å². The van der Waals surface area contributed by atoms with Crippen LogP contribution in [0.25, 0.3) is 0 Å². The average molecular weight is 938 g/mol. The number of carbonyl (C=O) groups is 2. The van der Waals surface area contributed by atoms with Crippen LogP contribution in [0.5, 0.6) is 0 Å². The van der Waals surface area contributed by atoms with E-state index >= 15 is 0 Å². The Kier molecular flexibility index (Phi) is 15.9. The van der Waals surface area contributed by atoms with Gasteiger partial charge >= 0.3 is 35.7 Å². The molecule has 0 aliphatic carbocycles. The molecule has 1 aromatic rings. The molecule has 1 amide bonds. The molecule has 5 aliphatic heterocycles. The second-order valence-electron chi connectivity index (χ2n) is 18.6. The molecule has 3 N–H and O–H groups in total. The number of ether oxygens (including phenoxy) is 7. The second kappa shape index (κ2) is 19.0. The van der Waals surface area contributed by atoms with Gasteiger partial charge in [0.25, 0.3) is 0 Å². The third-order valence-corrected chi connectivity index (χ3v) is 14.9. The molecular weight excluding hydrogens is 872 g/mol. The minimum Gasteiger partial charge on any atom is -0.550 e. The third-order valence-electron chi connectivity index (χ3n) is 14.2. The normalized spacial score (nSPS) is 43.0. The fourth-order valence-corrected chi connectivity index (χ4v) is 11.0. The molecule has 1 unspecified atom stereocenters. The first-order chi connectivity index (χ1) is 26.7. The number of nitrogens with one attached hydrogen (secondary N) is 1. The minimum atomic E-state index is -1.66. The molecule has 17 atom stereocenters. The fraction of sp³-hybridized carbons (Fsp3) is 0.814. The first-order valence-corrected chi connectivity index (χ1v) is 22.0. The van der Waals surface area contributed by atoms with Crippen LogP contribution in [0.15, 0.2) is 24.3 Å². The summed E-state index contributed by atoms with van der Waals surface area (Å²) in [6.45, 7) is 15.8. The number of aliphatic carboxylic acids is 1. The topological polar surface area (TPSA) is 174 Å². The van der Waals surface area contributed by atoms with Gasteiger partial charge in [0.2, 0.25) is 5.79 Å². The van der Waals surface area contributed by atoms with Crippen LogP contribution in [0.2, 0.25) is 0 Å². The van der Waals surface area contributed by atoms with Gasteiger partial charge < -0.3 is 58.6 Å². The van der Waals surface area contributed by atoms with E-state index in [4.69, 9.17) is 33.2 Å². The molecule has 0 saturated carbocycles. The van der Waals surface area contributed by atoms with E-state index in [0.717, 1.165) is 28.4 Å². The van der Waals surface area contributed by atoms with E-state index in [1.807, 2.05) is 45.0 Å². The standard InChI is InChI=1S/C43H66INO12.Na/c1-23-18-25(3)43(50,22-52-39(49)45-21-29-10-12-30(44)13-11-29)56-34(23)32-19-24(2)37(53-32)41(8)15-14-33(54-41)40(7)16-17-42(57-40)20-31(46)26(4)36(55-42)27(5)35(51-9)28(6)38(47)48;/h10-13,23-28,31-37,46,50H,14-22H2,1-9H3,(H,45,49)(H,47,48);/q;+1/p-1/t23-,24-,25+,26+,27-,28?,31-,32+,33+,34-,35+,36-,37+,40-,41-,42+,43-;/m0./s1. The molecule has 58 heavy (non-hydrogen) atoms. The molecular formula is C43H65INNaO12. The van der Waals surface area contributed by atoms with Gasteiger partial charge in [-0.3, -0.25) is 0 Å². The van der Waals surface area contributed by atoms with Crippen molar-refractivity contribution in [3.05, 3.63) is 33.4 Å². The SMILES string of the molecule is CO[C@@H](C(C)C(=O)[O-])[C@H](C)[C@H]1O[C@@]2(CC[C@@](C)([C@H]3CC[C@@](C)([C@@H]4O[C@@H]([C@H]5O[C@@](O)(COC(=O)NCc6ccc(I)cc6)[C@H](C)C[C@@H]5C)C[C@@H]4C)O3)O2)C[C@H](O)[C@H]1C.[Na+]. The van der Waals surface area contributed by atoms with Gasteiger partial charge in [0.05, 0.1) is 53.9 Å². The number of aliphatic hydroxyl groups excluding tert-OH is 1. The third kappa shape index (κ3) is 10.1. The van der Waals surface area contributed by atoms with Crippen molar-refractivity contribution >= 4 is 34.7 Å². The summed E-state index contributed by atoms with van der Waals surface area (Å²) in [5, 5.41) is 37.6. The Hall–Kier alpha value is -0.630. The Morgan fingerprint density at radius 2 is 1.69 bits per heavy atom. The van der Waals surface area contributed by atoms with Crippen molar-refractivity contribution in [2.75, 3.05) is 13.7 Å². The van der Waals surface area contributed by atoms with Crippen LogP contribution in [-0.4, -0.2) is 101 Å². The van der Waals surface area contributed by atoms with Gasteiger partial charge in [-0.1, -0.05) is 53.7 Å². The van der Waals surface area contributed by atoms with Gasteiger partial charge in [0, 0.05) is 59.7 Å². The van der Waals surface area contributed by atoms with Crippen molar-refractivity contribution in [2.45, 2.75) is 172 Å². The van der Waals surface area contributed by atoms with Crippen LogP contribution in [0.3, 0.4) is 0 Å². The predicted molar refractivity (Wildman–Crippen MR) is 215 cm³/mol. The van der Waals surface area contributed by atoms with Crippen molar-refractivity contribution in [2.24, 2.45) is 35.5 Å². The number of halogens is 1. The summed E-state index contributed by atoms with van der Waals surface area (Å²) in [6.07, 6.45) is 0.790. The Labute approximate surface area is 380 Å². The predicted octanol–water partition coefficient (Wildman–Crippen LogP) is 2.09. The van der Waals surface area contributed by atoms with Gasteiger partial charge in [0.15, 0.2) is 5.79 Å². The second-order valence-corrected chi connectivity index (χ2v) is 19.8. The average Bonchev–Trinajstić information content (AvgIpc) is 3.86. The Balaban J connectivity index is 0.00000641. The van der Waals surface area contributed by atoms with Crippen LogP contribution in [0.4, 0.5) is 4.79 Å². The molecule has 5 aliphatic rings. The quantitative estimate of drug-likeness (QED) is 0.206. The van der Waals surface area contributed by atoms with Crippen molar-refractivity contribution in [1.82, 2.24) is 5.32 Å². The van der Waals surface area contributed by atoms with Gasteiger partial charge in [0.1, 0.15) is 6.61 Å². The number of carbonyl (C=O) groups excluding carboxylic acids is 2. The zero-order valence-electron chi connectivity index (χ0n) is 36.0. The molecule has 322 valence electrons. The van der Waals surface area contributed by atoms with Gasteiger partial charge in [-0.05, 0) is 98.1 Å². The number of rotatable bonds is 12. The molecule has 0 bridgehead atoms. The number of aliphatic hydroxyl groups is 2. The number of benzene rings is 1. The number of amides is 1. The molecule has 5 heterocycles. The molecule has 1 aromatic carbocycles. The summed E-state index contributed by atoms with van der Waals surface area (Å²) in [6, 6.07) is 7.83. The molecule has 13 nitrogen and oxygen atoms in total. The first-order valence-electron chi connectivity index (χ1n) is 20.9. The number of hydrogen-bond donors (Lipinski definition) is 3. The Morgan fingerprint density at radius 3 is 2.34 bits per heavy atom. The summed E-state index contributed by atoms with van der Waals surface area (Å²) in [5.74, 6) is -5.39. The maximum Gasteiger partial charge on any atom is 1.00 e. The minimum absolute atomic E-state index is 0. The van der Waals surface area contributed by atoms with E-state index in [9.17, 15) is 24.9 Å². The molecule has 6 rings (SSSR count). The van der Waals surface area contributed by atoms with E-state index in [2.05, 4.69) is 55.6 Å². The summed E-state index contributed by atoms with van der Waals surface area (Å²) < 4.78 is 46.3. The smallest absolute Gasteiger partial charge is 0.550 e. The number of carboxylic acids is 1. The molecule has 1 spiro atoms. The number of carboxylic acid groups (broad SMARTS) is 1. The van der Waals surface area contributed by atoms with Crippen LogP contribution >= 0.6 is 22.6 Å². The fourth-order valence-electron chi connectivity index (χ4n) is 10.6. The van der Waals surface area contributed by atoms with E-state index < -0.39 is 65.2 Å². The van der Waals surface area contributed by atoms with Crippen LogP contribution in [0, 0.1) is 39.1 Å². The molecule has 0 aromatic heterocycles. The Bertz CT molecular complexity index is 1580. The van der Waals surface area contributed by atoms with Crippen LogP contribution in [-0.2, 0) is 44.5 Å². The van der Waals surface area contributed by atoms with Crippen LogP contribution < -0.4 is 40.0 Å². The summed E-state index contributed by atoms with van der Waals surface area (Å²) >= 11 is 2.23. The van der Waals surface area contributed by atoms with E-state index in [0.29, 0.717) is 32.2 Å². The number of alkyl carbamates (subject to hydrolysis) is 1. The summed E-state index contributed by atoms with van der Waals surface area (Å²) in [7, 11) is 1.49. The summed E-state index contributed by atoms with van der Waals surface area (Å²) in [5.41, 5.74) is -0.349. The van der Waals surface area contributed by atoms with Gasteiger partial charge in [-0.15, -0.1) is 0 Å². The zero-order valence-corrected chi connectivity index (χ0v) is 40.2. The molecule has 5 fully saturated rings. The van der Waals surface area contributed by atoms with Crippen molar-refractivity contribution in [3.63, 3.8) is 0 Å². The molecule has 0 radical (unpaired) electrons. The zero-order chi connectivity index (χ0) is 41.7. The van der Waals surface area contributed by atoms with Crippen LogP contribution in [0.1, 0.15) is 106 Å². The molecule has 5 saturated heterocycles. The maximum atomic E-state index is 12.6. The monoisotopic (exact) mass is 937 g/mol. The number of hydrogen-bond acceptors (Lipinski definition) is 12. The number of methoxy groups -OCH3 is 1. The van der Waals surface area contributed by atoms with E-state index in [1.54, 1.807) is 6.92 Å². The van der Waals surface area contributed by atoms with E-state index in [-0.39, 0.29) is 84.1 Å². The van der Waals surface area contributed by atoms with Gasteiger partial charge in [-0.25, -0.2) is 4.79 Å². The van der Waals surface area contributed by atoms with Gasteiger partial charge in [-0.2, -0.15) is 0 Å². The Morgan fingerprint density at radius 1 is 1.00 bits per heavy atom. The largest absolute Gasteiger partial charge is 1.00 e. The van der Waals surface area contributed by atoms with Crippen molar-refractivity contribution < 1.29 is 87.6 Å². The summed E-state index contributed by atoms with van der Waals surface area (Å²) in [4.78, 5) is 24.4.